The number of benzene rings is 1. The van der Waals surface area contributed by atoms with Gasteiger partial charge in [-0.1, -0.05) is 44.2 Å². The highest BCUT2D eigenvalue weighted by Gasteiger charge is 2.38. The zero-order chi connectivity index (χ0) is 21.4. The van der Waals surface area contributed by atoms with Crippen molar-refractivity contribution >= 4 is 11.9 Å². The van der Waals surface area contributed by atoms with E-state index in [1.807, 2.05) is 37.3 Å². The number of allylic oxidation sites excluding steroid dienone is 1. The number of rotatable bonds is 9. The predicted octanol–water partition coefficient (Wildman–Crippen LogP) is 3.37. The lowest BCUT2D eigenvalue weighted by Crippen LogP contribution is -2.35. The number of nitrogens with one attached hydrogen (secondary N) is 1. The zero-order valence-electron chi connectivity index (χ0n) is 18.1. The standard InChI is InChI=1S/C23H32N2O4/c1-6-25(7-2)15-14-18-21(23(27)29-8-3)20(17-12-10-9-11-13-17)19(16(4)24-18)22(26)28-5/h9-13,20,24H,6-8,14-15H2,1-5H3. The van der Waals surface area contributed by atoms with Gasteiger partial charge in [0, 0.05) is 24.4 Å². The van der Waals surface area contributed by atoms with Gasteiger partial charge in [0.25, 0.3) is 0 Å². The summed E-state index contributed by atoms with van der Waals surface area (Å²) in [6, 6.07) is 9.56. The largest absolute Gasteiger partial charge is 0.466 e. The summed E-state index contributed by atoms with van der Waals surface area (Å²) in [5, 5.41) is 3.31. The first kappa shape index (κ1) is 22.7. The number of esters is 2. The Labute approximate surface area is 173 Å². The molecule has 1 atom stereocenters. The van der Waals surface area contributed by atoms with E-state index in [4.69, 9.17) is 9.47 Å². The maximum Gasteiger partial charge on any atom is 0.336 e. The fourth-order valence-electron chi connectivity index (χ4n) is 3.71. The number of carbonyl (C=O) groups is 2. The van der Waals surface area contributed by atoms with E-state index in [9.17, 15) is 9.59 Å². The van der Waals surface area contributed by atoms with Gasteiger partial charge in [0.15, 0.2) is 0 Å². The lowest BCUT2D eigenvalue weighted by molar-refractivity contribution is -0.139. The van der Waals surface area contributed by atoms with Crippen molar-refractivity contribution in [3.63, 3.8) is 0 Å². The Hall–Kier alpha value is -2.60. The molecule has 0 saturated carbocycles. The Balaban J connectivity index is 2.60. The first-order valence-electron chi connectivity index (χ1n) is 10.2. The number of ether oxygens (including phenoxy) is 2. The average molecular weight is 401 g/mol. The zero-order valence-corrected chi connectivity index (χ0v) is 18.1. The molecule has 1 aliphatic rings. The molecule has 1 heterocycles. The molecule has 0 spiro atoms. The van der Waals surface area contributed by atoms with Crippen molar-refractivity contribution < 1.29 is 19.1 Å². The van der Waals surface area contributed by atoms with Crippen LogP contribution in [0.15, 0.2) is 52.9 Å². The van der Waals surface area contributed by atoms with E-state index in [0.717, 1.165) is 30.9 Å². The van der Waals surface area contributed by atoms with Crippen molar-refractivity contribution in [1.29, 1.82) is 0 Å². The van der Waals surface area contributed by atoms with Gasteiger partial charge in [0.05, 0.1) is 30.8 Å². The summed E-state index contributed by atoms with van der Waals surface area (Å²) in [7, 11) is 1.36. The summed E-state index contributed by atoms with van der Waals surface area (Å²) in [6.45, 7) is 10.8. The van der Waals surface area contributed by atoms with E-state index in [2.05, 4.69) is 24.1 Å². The lowest BCUT2D eigenvalue weighted by atomic mass is 9.79. The van der Waals surface area contributed by atoms with Gasteiger partial charge in [-0.3, -0.25) is 0 Å². The van der Waals surface area contributed by atoms with E-state index in [1.165, 1.54) is 7.11 Å². The summed E-state index contributed by atoms with van der Waals surface area (Å²) in [4.78, 5) is 28.0. The van der Waals surface area contributed by atoms with E-state index < -0.39 is 17.9 Å². The van der Waals surface area contributed by atoms with Crippen LogP contribution in [0.25, 0.3) is 0 Å². The number of carbonyl (C=O) groups excluding carboxylic acids is 2. The third-order valence-corrected chi connectivity index (χ3v) is 5.25. The number of nitrogens with zero attached hydrogens (tertiary/aromatic N) is 1. The first-order valence-corrected chi connectivity index (χ1v) is 10.2. The molecule has 2 rings (SSSR count). The maximum absolute atomic E-state index is 13.0. The minimum absolute atomic E-state index is 0.267. The molecule has 0 bridgehead atoms. The normalized spacial score (nSPS) is 16.7. The predicted molar refractivity (Wildman–Crippen MR) is 113 cm³/mol. The van der Waals surface area contributed by atoms with Crippen LogP contribution in [0.3, 0.4) is 0 Å². The van der Waals surface area contributed by atoms with E-state index in [-0.39, 0.29) is 6.61 Å². The smallest absolute Gasteiger partial charge is 0.336 e. The molecular formula is C23H32N2O4. The quantitative estimate of drug-likeness (QED) is 0.641. The van der Waals surface area contributed by atoms with Crippen molar-refractivity contribution in [2.45, 2.75) is 40.0 Å². The van der Waals surface area contributed by atoms with Gasteiger partial charge in [-0.15, -0.1) is 0 Å². The molecule has 6 heteroatoms. The molecule has 0 fully saturated rings. The number of methoxy groups -OCH3 is 1. The van der Waals surface area contributed by atoms with Gasteiger partial charge in [-0.2, -0.15) is 0 Å². The van der Waals surface area contributed by atoms with Crippen molar-refractivity contribution in [2.75, 3.05) is 33.4 Å². The molecule has 0 amide bonds. The second kappa shape index (κ2) is 10.8. The Bertz CT molecular complexity index is 779. The molecule has 1 aromatic rings. The molecule has 158 valence electrons. The summed E-state index contributed by atoms with van der Waals surface area (Å²) in [5.41, 5.74) is 3.28. The van der Waals surface area contributed by atoms with Gasteiger partial charge in [-0.05, 0) is 32.5 Å². The third-order valence-electron chi connectivity index (χ3n) is 5.25. The molecule has 1 aliphatic heterocycles. The van der Waals surface area contributed by atoms with E-state index in [1.54, 1.807) is 6.92 Å². The highest BCUT2D eigenvalue weighted by atomic mass is 16.5. The minimum Gasteiger partial charge on any atom is -0.466 e. The minimum atomic E-state index is -0.532. The second-order valence-electron chi connectivity index (χ2n) is 6.89. The Morgan fingerprint density at radius 1 is 1.03 bits per heavy atom. The van der Waals surface area contributed by atoms with E-state index >= 15 is 0 Å². The monoisotopic (exact) mass is 400 g/mol. The maximum atomic E-state index is 13.0. The fraction of sp³-hybridized carbons (Fsp3) is 0.478. The van der Waals surface area contributed by atoms with Crippen LogP contribution >= 0.6 is 0 Å². The average Bonchev–Trinajstić information content (AvgIpc) is 2.74. The molecule has 1 N–H and O–H groups in total. The van der Waals surface area contributed by atoms with Crippen molar-refractivity contribution in [2.24, 2.45) is 0 Å². The molecule has 6 nitrogen and oxygen atoms in total. The molecule has 0 aliphatic carbocycles. The first-order chi connectivity index (χ1) is 14.0. The van der Waals surface area contributed by atoms with Crippen molar-refractivity contribution in [3.8, 4) is 0 Å². The molecule has 0 saturated heterocycles. The van der Waals surface area contributed by atoms with Gasteiger partial charge in [0.2, 0.25) is 0 Å². The van der Waals surface area contributed by atoms with Gasteiger partial charge in [-0.25, -0.2) is 9.59 Å². The number of hydrogen-bond acceptors (Lipinski definition) is 6. The molecule has 1 aromatic carbocycles. The third kappa shape index (κ3) is 5.26. The summed E-state index contributed by atoms with van der Waals surface area (Å²) in [5.74, 6) is -1.39. The number of dihydropyridines is 1. The summed E-state index contributed by atoms with van der Waals surface area (Å²) in [6.07, 6.45) is 0.658. The highest BCUT2D eigenvalue weighted by Crippen LogP contribution is 2.39. The van der Waals surface area contributed by atoms with Gasteiger partial charge < -0.3 is 19.7 Å². The SMILES string of the molecule is CCOC(=O)C1=C(CCN(CC)CC)NC(C)=C(C(=O)OC)C1c1ccccc1. The van der Waals surface area contributed by atoms with Crippen LogP contribution in [0.1, 0.15) is 45.6 Å². The Morgan fingerprint density at radius 3 is 2.24 bits per heavy atom. The van der Waals surface area contributed by atoms with Crippen LogP contribution in [-0.4, -0.2) is 50.2 Å². The van der Waals surface area contributed by atoms with Crippen molar-refractivity contribution in [1.82, 2.24) is 10.2 Å². The van der Waals surface area contributed by atoms with Crippen LogP contribution in [0, 0.1) is 0 Å². The van der Waals surface area contributed by atoms with Gasteiger partial charge >= 0.3 is 11.9 Å². The Morgan fingerprint density at radius 2 is 1.69 bits per heavy atom. The highest BCUT2D eigenvalue weighted by molar-refractivity contribution is 5.99. The molecule has 29 heavy (non-hydrogen) atoms. The van der Waals surface area contributed by atoms with Crippen LogP contribution in [0.4, 0.5) is 0 Å². The fourth-order valence-corrected chi connectivity index (χ4v) is 3.71. The van der Waals surface area contributed by atoms with Crippen LogP contribution in [-0.2, 0) is 19.1 Å². The van der Waals surface area contributed by atoms with Crippen molar-refractivity contribution in [3.05, 3.63) is 58.4 Å². The van der Waals surface area contributed by atoms with Crippen LogP contribution in [0.5, 0.6) is 0 Å². The van der Waals surface area contributed by atoms with Gasteiger partial charge in [0.1, 0.15) is 0 Å². The Kier molecular flexibility index (Phi) is 8.46. The number of hydrogen-bond donors (Lipinski definition) is 1. The second-order valence-corrected chi connectivity index (χ2v) is 6.89. The summed E-state index contributed by atoms with van der Waals surface area (Å²) < 4.78 is 10.4. The topological polar surface area (TPSA) is 67.9 Å². The van der Waals surface area contributed by atoms with Crippen LogP contribution in [0.2, 0.25) is 0 Å². The van der Waals surface area contributed by atoms with Crippen LogP contribution < -0.4 is 5.32 Å². The lowest BCUT2D eigenvalue weighted by Gasteiger charge is -2.32. The molecule has 0 aromatic heterocycles. The summed E-state index contributed by atoms with van der Waals surface area (Å²) >= 11 is 0. The molecular weight excluding hydrogens is 368 g/mol. The molecule has 0 radical (unpaired) electrons. The molecule has 1 unspecified atom stereocenters. The van der Waals surface area contributed by atoms with E-state index in [0.29, 0.717) is 23.3 Å².